The Bertz CT molecular complexity index is 629. The van der Waals surface area contributed by atoms with Crippen molar-refractivity contribution in [3.63, 3.8) is 0 Å². The van der Waals surface area contributed by atoms with Crippen LogP contribution in [0.4, 0.5) is 4.39 Å². The third-order valence-corrected chi connectivity index (χ3v) is 4.28. The summed E-state index contributed by atoms with van der Waals surface area (Å²) in [6.45, 7) is 4.92. The van der Waals surface area contributed by atoms with E-state index >= 15 is 0 Å². The van der Waals surface area contributed by atoms with Crippen LogP contribution in [0.3, 0.4) is 0 Å². The largest absolute Gasteiger partial charge is 0.478 e. The molecule has 0 unspecified atom stereocenters. The summed E-state index contributed by atoms with van der Waals surface area (Å²) in [5.74, 6) is -2.22. The smallest absolute Gasteiger partial charge is 0.336 e. The first-order chi connectivity index (χ1) is 11.1. The lowest BCUT2D eigenvalue weighted by atomic mass is 10.0. The van der Waals surface area contributed by atoms with E-state index in [2.05, 4.69) is 4.90 Å². The van der Waals surface area contributed by atoms with Crippen molar-refractivity contribution in [1.82, 2.24) is 9.80 Å². The molecule has 2 heterocycles. The van der Waals surface area contributed by atoms with Crippen LogP contribution in [0.1, 0.15) is 32.7 Å². The van der Waals surface area contributed by atoms with Gasteiger partial charge in [-0.15, -0.1) is 0 Å². The summed E-state index contributed by atoms with van der Waals surface area (Å²) in [5.41, 5.74) is 0.338. The molecule has 7 heteroatoms. The molecule has 1 amide bonds. The quantitative estimate of drug-likeness (QED) is 0.882. The number of carboxylic acid groups (broad SMARTS) is 1. The second kappa shape index (κ2) is 6.64. The SMILES string of the molecule is O=C(O)c1cc(F)cc2c1C(=O)N(CCCN1CCOCC1)C2. The van der Waals surface area contributed by atoms with E-state index in [1.807, 2.05) is 0 Å². The zero-order valence-electron chi connectivity index (χ0n) is 12.8. The maximum atomic E-state index is 13.5. The lowest BCUT2D eigenvalue weighted by Crippen LogP contribution is -2.38. The van der Waals surface area contributed by atoms with Crippen LogP contribution in [-0.2, 0) is 11.3 Å². The summed E-state index contributed by atoms with van der Waals surface area (Å²) in [6.07, 6.45) is 0.796. The average Bonchev–Trinajstić information content (AvgIpc) is 2.83. The molecule has 3 rings (SSSR count). The Kier molecular flexibility index (Phi) is 4.58. The molecule has 1 aromatic rings. The Morgan fingerprint density at radius 1 is 1.26 bits per heavy atom. The van der Waals surface area contributed by atoms with Crippen molar-refractivity contribution in [3.8, 4) is 0 Å². The van der Waals surface area contributed by atoms with Gasteiger partial charge in [-0.25, -0.2) is 9.18 Å². The maximum absolute atomic E-state index is 13.5. The summed E-state index contributed by atoms with van der Waals surface area (Å²) in [5, 5.41) is 9.17. The lowest BCUT2D eigenvalue weighted by molar-refractivity contribution is 0.0358. The second-order valence-electron chi connectivity index (χ2n) is 5.83. The molecule has 2 aliphatic heterocycles. The number of benzene rings is 1. The van der Waals surface area contributed by atoms with Gasteiger partial charge in [0.25, 0.3) is 5.91 Å². The van der Waals surface area contributed by atoms with E-state index in [4.69, 9.17) is 9.84 Å². The van der Waals surface area contributed by atoms with Crippen LogP contribution in [0, 0.1) is 5.82 Å². The molecule has 1 N–H and O–H groups in total. The number of carboxylic acids is 1. The van der Waals surface area contributed by atoms with Gasteiger partial charge in [0.1, 0.15) is 5.82 Å². The summed E-state index contributed by atoms with van der Waals surface area (Å²) in [7, 11) is 0. The van der Waals surface area contributed by atoms with E-state index in [0.29, 0.717) is 12.1 Å². The van der Waals surface area contributed by atoms with Crippen LogP contribution in [0.5, 0.6) is 0 Å². The van der Waals surface area contributed by atoms with Crippen LogP contribution < -0.4 is 0 Å². The summed E-state index contributed by atoms with van der Waals surface area (Å²) < 4.78 is 18.8. The molecule has 1 saturated heterocycles. The number of rotatable bonds is 5. The van der Waals surface area contributed by atoms with Crippen molar-refractivity contribution in [2.24, 2.45) is 0 Å². The van der Waals surface area contributed by atoms with Gasteiger partial charge in [-0.05, 0) is 24.1 Å². The van der Waals surface area contributed by atoms with Crippen LogP contribution in [0.25, 0.3) is 0 Å². The first-order valence-corrected chi connectivity index (χ1v) is 7.71. The molecule has 2 aliphatic rings. The predicted octanol–water partition coefficient (Wildman–Crippen LogP) is 1.20. The topological polar surface area (TPSA) is 70.1 Å². The highest BCUT2D eigenvalue weighted by atomic mass is 19.1. The van der Waals surface area contributed by atoms with Gasteiger partial charge in [-0.3, -0.25) is 9.69 Å². The van der Waals surface area contributed by atoms with Gasteiger partial charge < -0.3 is 14.7 Å². The highest BCUT2D eigenvalue weighted by molar-refractivity contribution is 6.07. The van der Waals surface area contributed by atoms with E-state index < -0.39 is 11.8 Å². The van der Waals surface area contributed by atoms with Crippen molar-refractivity contribution < 1.29 is 23.8 Å². The lowest BCUT2D eigenvalue weighted by Gasteiger charge is -2.27. The molecule has 23 heavy (non-hydrogen) atoms. The number of fused-ring (bicyclic) bond motifs is 1. The van der Waals surface area contributed by atoms with Crippen LogP contribution in [0.15, 0.2) is 12.1 Å². The third-order valence-electron chi connectivity index (χ3n) is 4.28. The monoisotopic (exact) mass is 322 g/mol. The first kappa shape index (κ1) is 15.9. The standard InChI is InChI=1S/C16H19FN2O4/c17-12-8-11-10-19(3-1-2-18-4-6-23-7-5-18)15(20)14(11)13(9-12)16(21)22/h8-9H,1-7,10H2,(H,21,22). The van der Waals surface area contributed by atoms with Crippen LogP contribution >= 0.6 is 0 Å². The number of morpholine rings is 1. The summed E-state index contributed by atoms with van der Waals surface area (Å²) >= 11 is 0. The molecule has 1 fully saturated rings. The van der Waals surface area contributed by atoms with Gasteiger partial charge in [0, 0.05) is 32.7 Å². The molecule has 0 bridgehead atoms. The van der Waals surface area contributed by atoms with Gasteiger partial charge >= 0.3 is 5.97 Å². The highest BCUT2D eigenvalue weighted by Crippen LogP contribution is 2.27. The molecule has 0 aliphatic carbocycles. The highest BCUT2D eigenvalue weighted by Gasteiger charge is 2.32. The Balaban J connectivity index is 1.64. The molecule has 0 atom stereocenters. The van der Waals surface area contributed by atoms with Crippen molar-refractivity contribution in [3.05, 3.63) is 34.6 Å². The minimum absolute atomic E-state index is 0.130. The van der Waals surface area contributed by atoms with E-state index in [-0.39, 0.29) is 23.6 Å². The van der Waals surface area contributed by atoms with Gasteiger partial charge in [-0.2, -0.15) is 0 Å². The molecular weight excluding hydrogens is 303 g/mol. The third kappa shape index (κ3) is 3.35. The Morgan fingerprint density at radius 3 is 2.70 bits per heavy atom. The fourth-order valence-electron chi connectivity index (χ4n) is 3.14. The summed E-state index contributed by atoms with van der Waals surface area (Å²) in [4.78, 5) is 27.5. The zero-order chi connectivity index (χ0) is 16.4. The Morgan fingerprint density at radius 2 is 2.00 bits per heavy atom. The molecule has 6 nitrogen and oxygen atoms in total. The average molecular weight is 322 g/mol. The van der Waals surface area contributed by atoms with Crippen molar-refractivity contribution in [2.45, 2.75) is 13.0 Å². The molecule has 0 radical (unpaired) electrons. The van der Waals surface area contributed by atoms with Crippen molar-refractivity contribution in [1.29, 1.82) is 0 Å². The molecule has 0 aromatic heterocycles. The number of amides is 1. The fourth-order valence-corrected chi connectivity index (χ4v) is 3.14. The van der Waals surface area contributed by atoms with Crippen molar-refractivity contribution >= 4 is 11.9 Å². The molecule has 124 valence electrons. The number of hydrogen-bond acceptors (Lipinski definition) is 4. The van der Waals surface area contributed by atoms with Gasteiger partial charge in [-0.1, -0.05) is 0 Å². The minimum atomic E-state index is -1.27. The van der Waals surface area contributed by atoms with Crippen LogP contribution in [0.2, 0.25) is 0 Å². The molecule has 1 aromatic carbocycles. The predicted molar refractivity (Wildman–Crippen MR) is 80.0 cm³/mol. The van der Waals surface area contributed by atoms with Gasteiger partial charge in [0.2, 0.25) is 0 Å². The number of carbonyl (C=O) groups is 2. The Labute approximate surface area is 133 Å². The number of aromatic carboxylic acids is 1. The normalized spacial score (nSPS) is 18.3. The second-order valence-corrected chi connectivity index (χ2v) is 5.83. The van der Waals surface area contributed by atoms with E-state index in [1.165, 1.54) is 6.07 Å². The van der Waals surface area contributed by atoms with E-state index in [0.717, 1.165) is 45.3 Å². The van der Waals surface area contributed by atoms with Gasteiger partial charge in [0.05, 0.1) is 24.3 Å². The minimum Gasteiger partial charge on any atom is -0.478 e. The van der Waals surface area contributed by atoms with E-state index in [1.54, 1.807) is 4.90 Å². The molecular formula is C16H19FN2O4. The number of hydrogen-bond donors (Lipinski definition) is 1. The van der Waals surface area contributed by atoms with Crippen molar-refractivity contribution in [2.75, 3.05) is 39.4 Å². The first-order valence-electron chi connectivity index (χ1n) is 7.71. The number of ether oxygens (including phenoxy) is 1. The number of halogens is 1. The number of carbonyl (C=O) groups excluding carboxylic acids is 1. The Hall–Kier alpha value is -1.99. The molecule has 0 saturated carbocycles. The molecule has 0 spiro atoms. The van der Waals surface area contributed by atoms with Crippen LogP contribution in [-0.4, -0.2) is 66.2 Å². The van der Waals surface area contributed by atoms with Gasteiger partial charge in [0.15, 0.2) is 0 Å². The fraction of sp³-hybridized carbons (Fsp3) is 0.500. The summed E-state index contributed by atoms with van der Waals surface area (Å²) in [6, 6.07) is 2.16. The number of nitrogens with zero attached hydrogens (tertiary/aromatic N) is 2. The zero-order valence-corrected chi connectivity index (χ0v) is 12.8. The maximum Gasteiger partial charge on any atom is 0.336 e. The van der Waals surface area contributed by atoms with E-state index in [9.17, 15) is 14.0 Å².